The number of piperazine rings is 1. The fourth-order valence-corrected chi connectivity index (χ4v) is 3.49. The number of amides is 2. The molecule has 2 aromatic rings. The molecule has 0 aliphatic carbocycles. The molecular formula is C22H29N3O3. The highest BCUT2D eigenvalue weighted by molar-refractivity contribution is 5.95. The summed E-state index contributed by atoms with van der Waals surface area (Å²) in [4.78, 5) is 29.6. The van der Waals surface area contributed by atoms with Crippen LogP contribution in [-0.4, -0.2) is 53.8 Å². The Hall–Kier alpha value is -2.60. The monoisotopic (exact) mass is 383 g/mol. The number of carbonyl (C=O) groups excluding carboxylic acids is 2. The molecule has 0 unspecified atom stereocenters. The number of furan rings is 1. The average Bonchev–Trinajstić information content (AvgIpc) is 3.22. The Labute approximate surface area is 166 Å². The maximum atomic E-state index is 13.0. The molecule has 0 radical (unpaired) electrons. The number of hydrogen-bond acceptors (Lipinski definition) is 4. The van der Waals surface area contributed by atoms with E-state index < -0.39 is 6.04 Å². The van der Waals surface area contributed by atoms with Gasteiger partial charge in [-0.1, -0.05) is 38.1 Å². The average molecular weight is 383 g/mol. The lowest BCUT2D eigenvalue weighted by Gasteiger charge is -2.37. The first-order chi connectivity index (χ1) is 13.5. The molecule has 6 nitrogen and oxygen atoms in total. The molecule has 0 bridgehead atoms. The lowest BCUT2D eigenvalue weighted by molar-refractivity contribution is -0.136. The molecule has 1 saturated heterocycles. The first kappa shape index (κ1) is 20.1. The summed E-state index contributed by atoms with van der Waals surface area (Å²) in [6.45, 7) is 9.92. The van der Waals surface area contributed by atoms with Gasteiger partial charge in [-0.25, -0.2) is 0 Å². The van der Waals surface area contributed by atoms with Crippen LogP contribution in [0.2, 0.25) is 0 Å². The van der Waals surface area contributed by atoms with Crippen LogP contribution in [0, 0.1) is 12.8 Å². The van der Waals surface area contributed by atoms with E-state index in [0.29, 0.717) is 13.1 Å². The zero-order valence-electron chi connectivity index (χ0n) is 16.9. The Morgan fingerprint density at radius 1 is 1.07 bits per heavy atom. The van der Waals surface area contributed by atoms with Crippen LogP contribution < -0.4 is 5.32 Å². The van der Waals surface area contributed by atoms with Gasteiger partial charge in [-0.2, -0.15) is 0 Å². The highest BCUT2D eigenvalue weighted by Crippen LogP contribution is 2.15. The third kappa shape index (κ3) is 4.81. The van der Waals surface area contributed by atoms with Crippen molar-refractivity contribution in [2.45, 2.75) is 33.4 Å². The highest BCUT2D eigenvalue weighted by Gasteiger charge is 2.31. The third-order valence-electron chi connectivity index (χ3n) is 5.30. The van der Waals surface area contributed by atoms with Crippen molar-refractivity contribution in [1.82, 2.24) is 15.1 Å². The Balaban J connectivity index is 1.56. The molecule has 3 rings (SSSR count). The summed E-state index contributed by atoms with van der Waals surface area (Å²) in [6.07, 6.45) is 1.45. The zero-order valence-corrected chi connectivity index (χ0v) is 16.9. The summed E-state index contributed by atoms with van der Waals surface area (Å²) in [5.74, 6) is -0.154. The second kappa shape index (κ2) is 9.06. The molecule has 2 amide bonds. The number of carbonyl (C=O) groups is 2. The van der Waals surface area contributed by atoms with E-state index in [0.717, 1.165) is 19.6 Å². The number of rotatable bonds is 6. The molecule has 1 aromatic carbocycles. The van der Waals surface area contributed by atoms with Gasteiger partial charge in [0.1, 0.15) is 6.04 Å². The molecule has 1 aliphatic heterocycles. The van der Waals surface area contributed by atoms with E-state index in [4.69, 9.17) is 4.42 Å². The van der Waals surface area contributed by atoms with Crippen LogP contribution in [0.25, 0.3) is 0 Å². The van der Waals surface area contributed by atoms with Gasteiger partial charge < -0.3 is 14.6 Å². The van der Waals surface area contributed by atoms with E-state index in [1.807, 2.05) is 18.7 Å². The van der Waals surface area contributed by atoms with Crippen LogP contribution in [0.15, 0.2) is 47.1 Å². The van der Waals surface area contributed by atoms with Gasteiger partial charge in [-0.3, -0.25) is 14.5 Å². The molecule has 2 heterocycles. The van der Waals surface area contributed by atoms with Crippen LogP contribution in [0.5, 0.6) is 0 Å². The van der Waals surface area contributed by atoms with Gasteiger partial charge in [0.2, 0.25) is 5.91 Å². The lowest BCUT2D eigenvalue weighted by atomic mass is 10.0. The summed E-state index contributed by atoms with van der Waals surface area (Å²) in [5.41, 5.74) is 2.62. The van der Waals surface area contributed by atoms with E-state index in [1.54, 1.807) is 12.1 Å². The van der Waals surface area contributed by atoms with E-state index >= 15 is 0 Å². The molecule has 6 heteroatoms. The van der Waals surface area contributed by atoms with Gasteiger partial charge in [0.05, 0.1) is 6.26 Å². The van der Waals surface area contributed by atoms with Crippen LogP contribution in [0.4, 0.5) is 0 Å². The normalized spacial score (nSPS) is 16.2. The molecule has 0 saturated carbocycles. The Kier molecular flexibility index (Phi) is 6.52. The van der Waals surface area contributed by atoms with Crippen molar-refractivity contribution in [3.05, 3.63) is 59.5 Å². The van der Waals surface area contributed by atoms with Crippen molar-refractivity contribution in [2.24, 2.45) is 5.92 Å². The van der Waals surface area contributed by atoms with Crippen LogP contribution in [-0.2, 0) is 11.3 Å². The standard InChI is InChI=1S/C22H29N3O3/c1-16(2)20(23-21(26)19-9-6-14-28-19)22(27)25-12-10-24(11-13-25)15-18-8-5-4-7-17(18)3/h4-9,14,16,20H,10-13,15H2,1-3H3,(H,23,26)/t20-/m0/s1. The van der Waals surface area contributed by atoms with Crippen molar-refractivity contribution in [1.29, 1.82) is 0 Å². The molecule has 150 valence electrons. The first-order valence-corrected chi connectivity index (χ1v) is 9.85. The number of benzene rings is 1. The van der Waals surface area contributed by atoms with Crippen molar-refractivity contribution >= 4 is 11.8 Å². The molecule has 1 aromatic heterocycles. The van der Waals surface area contributed by atoms with Gasteiger partial charge in [-0.05, 0) is 36.1 Å². The summed E-state index contributed by atoms with van der Waals surface area (Å²) in [7, 11) is 0. The predicted molar refractivity (Wildman–Crippen MR) is 108 cm³/mol. The van der Waals surface area contributed by atoms with Gasteiger partial charge in [0, 0.05) is 32.7 Å². The first-order valence-electron chi connectivity index (χ1n) is 9.85. The van der Waals surface area contributed by atoms with Gasteiger partial charge in [-0.15, -0.1) is 0 Å². The molecule has 1 aliphatic rings. The smallest absolute Gasteiger partial charge is 0.287 e. The van der Waals surface area contributed by atoms with Crippen molar-refractivity contribution in [2.75, 3.05) is 26.2 Å². The molecule has 1 N–H and O–H groups in total. The van der Waals surface area contributed by atoms with E-state index in [-0.39, 0.29) is 23.5 Å². The zero-order chi connectivity index (χ0) is 20.1. The van der Waals surface area contributed by atoms with Gasteiger partial charge >= 0.3 is 0 Å². The molecule has 0 spiro atoms. The largest absolute Gasteiger partial charge is 0.459 e. The Morgan fingerprint density at radius 3 is 2.39 bits per heavy atom. The van der Waals surface area contributed by atoms with Crippen LogP contribution >= 0.6 is 0 Å². The van der Waals surface area contributed by atoms with Crippen molar-refractivity contribution in [3.63, 3.8) is 0 Å². The molecule has 1 atom stereocenters. The maximum absolute atomic E-state index is 13.0. The van der Waals surface area contributed by atoms with E-state index in [1.165, 1.54) is 17.4 Å². The van der Waals surface area contributed by atoms with Crippen LogP contribution in [0.1, 0.15) is 35.5 Å². The predicted octanol–water partition coefficient (Wildman–Crippen LogP) is 2.69. The topological polar surface area (TPSA) is 65.8 Å². The summed E-state index contributed by atoms with van der Waals surface area (Å²) in [6, 6.07) is 11.1. The number of nitrogens with one attached hydrogen (secondary N) is 1. The molecule has 28 heavy (non-hydrogen) atoms. The summed E-state index contributed by atoms with van der Waals surface area (Å²) in [5, 5.41) is 2.84. The fourth-order valence-electron chi connectivity index (χ4n) is 3.49. The number of aryl methyl sites for hydroxylation is 1. The Morgan fingerprint density at radius 2 is 1.79 bits per heavy atom. The number of nitrogens with zero attached hydrogens (tertiary/aromatic N) is 2. The van der Waals surface area contributed by atoms with E-state index in [9.17, 15) is 9.59 Å². The van der Waals surface area contributed by atoms with Gasteiger partial charge in [0.15, 0.2) is 5.76 Å². The maximum Gasteiger partial charge on any atom is 0.287 e. The van der Waals surface area contributed by atoms with Crippen LogP contribution in [0.3, 0.4) is 0 Å². The SMILES string of the molecule is Cc1ccccc1CN1CCN(C(=O)[C@@H](NC(=O)c2ccco2)C(C)C)CC1. The minimum atomic E-state index is -0.555. The lowest BCUT2D eigenvalue weighted by Crippen LogP contribution is -2.56. The van der Waals surface area contributed by atoms with Crippen molar-refractivity contribution < 1.29 is 14.0 Å². The summed E-state index contributed by atoms with van der Waals surface area (Å²) >= 11 is 0. The second-order valence-electron chi connectivity index (χ2n) is 7.70. The number of hydrogen-bond donors (Lipinski definition) is 1. The molecular weight excluding hydrogens is 354 g/mol. The molecule has 1 fully saturated rings. The van der Waals surface area contributed by atoms with Gasteiger partial charge in [0.25, 0.3) is 5.91 Å². The third-order valence-corrected chi connectivity index (χ3v) is 5.30. The minimum absolute atomic E-state index is 0.00332. The second-order valence-corrected chi connectivity index (χ2v) is 7.70. The summed E-state index contributed by atoms with van der Waals surface area (Å²) < 4.78 is 5.14. The van der Waals surface area contributed by atoms with E-state index in [2.05, 4.69) is 41.4 Å². The fraction of sp³-hybridized carbons (Fsp3) is 0.455. The minimum Gasteiger partial charge on any atom is -0.459 e. The quantitative estimate of drug-likeness (QED) is 0.833. The highest BCUT2D eigenvalue weighted by atomic mass is 16.3. The van der Waals surface area contributed by atoms with Crippen molar-refractivity contribution in [3.8, 4) is 0 Å². The Bertz CT molecular complexity index is 793.